The van der Waals surface area contributed by atoms with Crippen molar-refractivity contribution in [2.24, 2.45) is 0 Å². The van der Waals surface area contributed by atoms with Crippen LogP contribution in [0.2, 0.25) is 5.15 Å². The first-order chi connectivity index (χ1) is 16.8. The molecule has 1 aromatic carbocycles. The summed E-state index contributed by atoms with van der Waals surface area (Å²) in [7, 11) is 0. The van der Waals surface area contributed by atoms with Crippen LogP contribution in [-0.4, -0.2) is 54.4 Å². The van der Waals surface area contributed by atoms with Crippen LogP contribution >= 0.6 is 11.6 Å². The van der Waals surface area contributed by atoms with E-state index in [9.17, 15) is 9.59 Å². The van der Waals surface area contributed by atoms with Gasteiger partial charge >= 0.3 is 0 Å². The number of carbonyl (C=O) groups is 2. The zero-order valence-electron chi connectivity index (χ0n) is 20.6. The molecule has 3 N–H and O–H groups in total. The van der Waals surface area contributed by atoms with Crippen LogP contribution in [0.5, 0.6) is 0 Å². The fourth-order valence-electron chi connectivity index (χ4n) is 3.83. The van der Waals surface area contributed by atoms with Gasteiger partial charge in [-0.25, -0.2) is 4.98 Å². The van der Waals surface area contributed by atoms with Crippen molar-refractivity contribution in [2.75, 3.05) is 41.7 Å². The van der Waals surface area contributed by atoms with Crippen molar-refractivity contribution in [1.82, 2.24) is 15.2 Å². The average molecular weight is 497 g/mol. The smallest absolute Gasteiger partial charge is 0.253 e. The minimum absolute atomic E-state index is 0.263. The van der Waals surface area contributed by atoms with E-state index in [4.69, 9.17) is 11.6 Å². The zero-order valence-corrected chi connectivity index (χ0v) is 21.4. The molecule has 35 heavy (non-hydrogen) atoms. The summed E-state index contributed by atoms with van der Waals surface area (Å²) < 4.78 is 0. The Labute approximate surface area is 212 Å². The minimum Gasteiger partial charge on any atom is -0.369 e. The summed E-state index contributed by atoms with van der Waals surface area (Å²) in [6.07, 6.45) is 5.24. The normalized spacial score (nSPS) is 15.2. The maximum absolute atomic E-state index is 13.0. The number of benzene rings is 1. The second-order valence-electron chi connectivity index (χ2n) is 8.72. The molecule has 0 saturated carbocycles. The van der Waals surface area contributed by atoms with Crippen molar-refractivity contribution in [3.05, 3.63) is 70.8 Å². The lowest BCUT2D eigenvalue weighted by Crippen LogP contribution is -2.48. The van der Waals surface area contributed by atoms with Gasteiger partial charge in [0.2, 0.25) is 6.41 Å². The van der Waals surface area contributed by atoms with E-state index in [0.29, 0.717) is 40.2 Å². The molecular formula is C26H33ClN6O2. The number of amides is 2. The monoisotopic (exact) mass is 496 g/mol. The standard InChI is InChI=1S/C26H33ClN6O2/c1-18(2)32-11-13-33(14-12-32)22-7-5-21(6-8-22)30-26(35)20(4)23(9-10-28-17-34)31-24-16-29-25(27)15-19(24)3/h5-10,15-18,31H,11-14H2,1-4H3,(H,28,34)(H,30,35)/b10-9-,23-20-. The van der Waals surface area contributed by atoms with Gasteiger partial charge in [-0.05, 0) is 69.7 Å². The number of aromatic nitrogens is 1. The highest BCUT2D eigenvalue weighted by Gasteiger charge is 2.19. The first kappa shape index (κ1) is 26.2. The number of aryl methyl sites for hydroxylation is 1. The van der Waals surface area contributed by atoms with Crippen LogP contribution in [0.4, 0.5) is 17.1 Å². The number of anilines is 3. The number of allylic oxidation sites excluding steroid dienone is 1. The summed E-state index contributed by atoms with van der Waals surface area (Å²) >= 11 is 5.96. The summed E-state index contributed by atoms with van der Waals surface area (Å²) in [5.74, 6) is -0.263. The quantitative estimate of drug-likeness (QED) is 0.209. The van der Waals surface area contributed by atoms with E-state index in [1.165, 1.54) is 6.20 Å². The molecule has 2 heterocycles. The molecule has 1 fully saturated rings. The zero-order chi connectivity index (χ0) is 25.4. The number of nitrogens with zero attached hydrogens (tertiary/aromatic N) is 3. The molecule has 1 aromatic heterocycles. The molecule has 0 spiro atoms. The van der Waals surface area contributed by atoms with Crippen molar-refractivity contribution >= 4 is 41.0 Å². The Morgan fingerprint density at radius 3 is 2.40 bits per heavy atom. The van der Waals surface area contributed by atoms with Crippen molar-refractivity contribution in [2.45, 2.75) is 33.7 Å². The Kier molecular flexibility index (Phi) is 9.28. The third kappa shape index (κ3) is 7.31. The predicted octanol–water partition coefficient (Wildman–Crippen LogP) is 4.16. The molecule has 0 aliphatic carbocycles. The molecule has 1 aliphatic rings. The Bertz CT molecular complexity index is 1090. The third-order valence-electron chi connectivity index (χ3n) is 6.04. The molecule has 2 aromatic rings. The summed E-state index contributed by atoms with van der Waals surface area (Å²) in [4.78, 5) is 32.6. The summed E-state index contributed by atoms with van der Waals surface area (Å²) in [5, 5.41) is 9.01. The Balaban J connectivity index is 1.71. The van der Waals surface area contributed by atoms with Gasteiger partial charge in [0.05, 0.1) is 11.9 Å². The van der Waals surface area contributed by atoms with E-state index in [2.05, 4.69) is 44.6 Å². The van der Waals surface area contributed by atoms with Gasteiger partial charge in [-0.2, -0.15) is 0 Å². The van der Waals surface area contributed by atoms with Crippen molar-refractivity contribution < 1.29 is 9.59 Å². The second-order valence-corrected chi connectivity index (χ2v) is 9.11. The Hall–Kier alpha value is -3.36. The highest BCUT2D eigenvalue weighted by Crippen LogP contribution is 2.23. The van der Waals surface area contributed by atoms with E-state index in [1.54, 1.807) is 25.3 Å². The van der Waals surface area contributed by atoms with Gasteiger partial charge in [0, 0.05) is 61.1 Å². The molecular weight excluding hydrogens is 464 g/mol. The number of pyridine rings is 1. The maximum atomic E-state index is 13.0. The van der Waals surface area contributed by atoms with E-state index in [0.717, 1.165) is 37.4 Å². The lowest BCUT2D eigenvalue weighted by Gasteiger charge is -2.38. The van der Waals surface area contributed by atoms with Gasteiger partial charge in [-0.1, -0.05) is 11.6 Å². The van der Waals surface area contributed by atoms with Gasteiger partial charge < -0.3 is 20.9 Å². The van der Waals surface area contributed by atoms with E-state index in [-0.39, 0.29) is 5.91 Å². The summed E-state index contributed by atoms with van der Waals surface area (Å²) in [6, 6.07) is 10.2. The molecule has 0 radical (unpaired) electrons. The molecule has 1 saturated heterocycles. The van der Waals surface area contributed by atoms with Crippen LogP contribution in [0.15, 0.2) is 60.1 Å². The summed E-state index contributed by atoms with van der Waals surface area (Å²) in [5.41, 5.74) is 4.39. The van der Waals surface area contributed by atoms with E-state index >= 15 is 0 Å². The molecule has 2 amide bonds. The highest BCUT2D eigenvalue weighted by atomic mass is 35.5. The largest absolute Gasteiger partial charge is 0.369 e. The molecule has 0 unspecified atom stereocenters. The van der Waals surface area contributed by atoms with Crippen molar-refractivity contribution in [1.29, 1.82) is 0 Å². The van der Waals surface area contributed by atoms with Crippen LogP contribution in [0.25, 0.3) is 0 Å². The third-order valence-corrected chi connectivity index (χ3v) is 6.25. The first-order valence-corrected chi connectivity index (χ1v) is 12.0. The van der Waals surface area contributed by atoms with E-state index < -0.39 is 0 Å². The second kappa shape index (κ2) is 12.4. The van der Waals surface area contributed by atoms with E-state index in [1.807, 2.05) is 31.2 Å². The van der Waals surface area contributed by atoms with Crippen molar-refractivity contribution in [3.8, 4) is 0 Å². The SMILES string of the molecule is C/C(C(=O)Nc1ccc(N2CCN(C(C)C)CC2)cc1)=C(\C=C/NC=O)Nc1cnc(Cl)cc1C. The van der Waals surface area contributed by atoms with Crippen LogP contribution in [0, 0.1) is 6.92 Å². The molecule has 8 nitrogen and oxygen atoms in total. The van der Waals surface area contributed by atoms with Gasteiger partial charge in [0.15, 0.2) is 0 Å². The van der Waals surface area contributed by atoms with Crippen LogP contribution in [0.1, 0.15) is 26.3 Å². The number of hydrogen-bond donors (Lipinski definition) is 3. The predicted molar refractivity (Wildman–Crippen MR) is 143 cm³/mol. The number of nitrogens with one attached hydrogen (secondary N) is 3. The minimum atomic E-state index is -0.263. The molecule has 186 valence electrons. The van der Waals surface area contributed by atoms with Crippen LogP contribution < -0.4 is 20.9 Å². The van der Waals surface area contributed by atoms with Gasteiger partial charge in [-0.15, -0.1) is 0 Å². The van der Waals surface area contributed by atoms with Crippen LogP contribution in [-0.2, 0) is 9.59 Å². The fraction of sp³-hybridized carbons (Fsp3) is 0.346. The van der Waals surface area contributed by atoms with Gasteiger partial charge in [0.1, 0.15) is 5.15 Å². The first-order valence-electron chi connectivity index (χ1n) is 11.6. The lowest BCUT2D eigenvalue weighted by molar-refractivity contribution is -0.113. The van der Waals surface area contributed by atoms with Gasteiger partial charge in [0.25, 0.3) is 5.91 Å². The van der Waals surface area contributed by atoms with Gasteiger partial charge in [-0.3, -0.25) is 14.5 Å². The number of carbonyl (C=O) groups excluding carboxylic acids is 2. The molecule has 0 bridgehead atoms. The fourth-order valence-corrected chi connectivity index (χ4v) is 4.04. The molecule has 9 heteroatoms. The molecule has 0 atom stereocenters. The number of piperazine rings is 1. The maximum Gasteiger partial charge on any atom is 0.253 e. The number of rotatable bonds is 9. The van der Waals surface area contributed by atoms with Crippen LogP contribution in [0.3, 0.4) is 0 Å². The molecule has 1 aliphatic heterocycles. The van der Waals surface area contributed by atoms with Crippen molar-refractivity contribution in [3.63, 3.8) is 0 Å². The number of hydrogen-bond acceptors (Lipinski definition) is 6. The Morgan fingerprint density at radius 1 is 1.11 bits per heavy atom. The topological polar surface area (TPSA) is 89.6 Å². The highest BCUT2D eigenvalue weighted by molar-refractivity contribution is 6.29. The Morgan fingerprint density at radius 2 is 1.80 bits per heavy atom. The number of halogens is 1. The molecule has 3 rings (SSSR count). The summed E-state index contributed by atoms with van der Waals surface area (Å²) in [6.45, 7) is 12.1. The lowest BCUT2D eigenvalue weighted by atomic mass is 10.1. The average Bonchev–Trinajstić information content (AvgIpc) is 2.85.